The van der Waals surface area contributed by atoms with Gasteiger partial charge in [-0.1, -0.05) is 0 Å². The van der Waals surface area contributed by atoms with Gasteiger partial charge in [0.1, 0.15) is 5.75 Å². The lowest BCUT2D eigenvalue weighted by Crippen LogP contribution is -2.30. The molecule has 0 bridgehead atoms. The maximum atomic E-state index is 12.2. The number of amides is 1. The molecule has 1 amide bonds. The quantitative estimate of drug-likeness (QED) is 0.896. The molecular formula is C13H14N2O3. The summed E-state index contributed by atoms with van der Waals surface area (Å²) < 4.78 is 4.97. The van der Waals surface area contributed by atoms with Crippen LogP contribution in [-0.4, -0.2) is 27.4 Å². The molecular weight excluding hydrogens is 232 g/mol. The van der Waals surface area contributed by atoms with Crippen LogP contribution in [0.15, 0.2) is 41.5 Å². The van der Waals surface area contributed by atoms with E-state index in [0.717, 1.165) is 5.56 Å². The van der Waals surface area contributed by atoms with E-state index in [2.05, 4.69) is 4.98 Å². The van der Waals surface area contributed by atoms with Crippen LogP contribution in [0.5, 0.6) is 5.75 Å². The van der Waals surface area contributed by atoms with Gasteiger partial charge in [-0.2, -0.15) is 0 Å². The maximum absolute atomic E-state index is 12.2. The minimum Gasteiger partial charge on any atom is -0.505 e. The molecule has 0 aliphatic rings. The molecule has 0 spiro atoms. The monoisotopic (exact) mass is 246 g/mol. The van der Waals surface area contributed by atoms with Crippen LogP contribution in [0.1, 0.15) is 22.8 Å². The maximum Gasteiger partial charge on any atom is 0.258 e. The van der Waals surface area contributed by atoms with E-state index < -0.39 is 0 Å². The van der Waals surface area contributed by atoms with E-state index >= 15 is 0 Å². The number of nitrogens with zero attached hydrogens (tertiary/aromatic N) is 2. The van der Waals surface area contributed by atoms with Crippen molar-refractivity contribution < 1.29 is 14.3 Å². The first-order chi connectivity index (χ1) is 8.72. The zero-order valence-electron chi connectivity index (χ0n) is 10.0. The Morgan fingerprint density at radius 2 is 2.33 bits per heavy atom. The molecule has 0 unspecified atom stereocenters. The summed E-state index contributed by atoms with van der Waals surface area (Å²) in [7, 11) is 0. The Labute approximate surface area is 105 Å². The predicted molar refractivity (Wildman–Crippen MR) is 65.0 cm³/mol. The molecule has 94 valence electrons. The molecule has 18 heavy (non-hydrogen) atoms. The Bertz CT molecular complexity index is 523. The topological polar surface area (TPSA) is 66.6 Å². The third-order valence-corrected chi connectivity index (χ3v) is 2.65. The Balaban J connectivity index is 2.18. The van der Waals surface area contributed by atoms with Gasteiger partial charge in [-0.15, -0.1) is 0 Å². The Morgan fingerprint density at radius 3 is 2.94 bits per heavy atom. The number of rotatable bonds is 4. The number of pyridine rings is 1. The summed E-state index contributed by atoms with van der Waals surface area (Å²) in [4.78, 5) is 17.6. The van der Waals surface area contributed by atoms with Crippen molar-refractivity contribution in [3.05, 3.63) is 48.2 Å². The molecule has 2 rings (SSSR count). The largest absolute Gasteiger partial charge is 0.505 e. The molecule has 0 saturated carbocycles. The van der Waals surface area contributed by atoms with Crippen LogP contribution in [0.4, 0.5) is 0 Å². The van der Waals surface area contributed by atoms with E-state index in [9.17, 15) is 9.90 Å². The SMILES string of the molecule is CCN(Cc1ccoc1)C(=O)c1ccncc1O. The van der Waals surface area contributed by atoms with Crippen molar-refractivity contribution >= 4 is 5.91 Å². The van der Waals surface area contributed by atoms with Crippen LogP contribution in [0.2, 0.25) is 0 Å². The van der Waals surface area contributed by atoms with Gasteiger partial charge in [0.15, 0.2) is 0 Å². The molecule has 0 saturated heterocycles. The highest BCUT2D eigenvalue weighted by Crippen LogP contribution is 2.17. The van der Waals surface area contributed by atoms with Gasteiger partial charge in [0.2, 0.25) is 0 Å². The zero-order valence-corrected chi connectivity index (χ0v) is 10.0. The van der Waals surface area contributed by atoms with E-state index in [0.29, 0.717) is 13.1 Å². The van der Waals surface area contributed by atoms with Crippen LogP contribution in [0.3, 0.4) is 0 Å². The fourth-order valence-electron chi connectivity index (χ4n) is 1.67. The smallest absolute Gasteiger partial charge is 0.258 e. The van der Waals surface area contributed by atoms with Gasteiger partial charge < -0.3 is 14.4 Å². The van der Waals surface area contributed by atoms with Gasteiger partial charge in [-0.25, -0.2) is 0 Å². The lowest BCUT2D eigenvalue weighted by Gasteiger charge is -2.20. The number of furan rings is 1. The number of hydrogen-bond donors (Lipinski definition) is 1. The Hall–Kier alpha value is -2.30. The average molecular weight is 246 g/mol. The zero-order chi connectivity index (χ0) is 13.0. The molecule has 0 fully saturated rings. The highest BCUT2D eigenvalue weighted by Gasteiger charge is 2.18. The summed E-state index contributed by atoms with van der Waals surface area (Å²) in [5, 5.41) is 9.62. The van der Waals surface area contributed by atoms with Crippen LogP contribution in [-0.2, 0) is 6.54 Å². The molecule has 2 aromatic rings. The molecule has 1 N–H and O–H groups in total. The first kappa shape index (κ1) is 12.2. The lowest BCUT2D eigenvalue weighted by atomic mass is 10.2. The van der Waals surface area contributed by atoms with Crippen molar-refractivity contribution in [3.8, 4) is 5.75 Å². The molecule has 2 heterocycles. The molecule has 0 radical (unpaired) electrons. The Morgan fingerprint density at radius 1 is 1.50 bits per heavy atom. The fourth-order valence-corrected chi connectivity index (χ4v) is 1.67. The molecule has 5 nitrogen and oxygen atoms in total. The summed E-state index contributed by atoms with van der Waals surface area (Å²) >= 11 is 0. The van der Waals surface area contributed by atoms with Crippen molar-refractivity contribution in [3.63, 3.8) is 0 Å². The van der Waals surface area contributed by atoms with Crippen molar-refractivity contribution in [2.75, 3.05) is 6.54 Å². The summed E-state index contributed by atoms with van der Waals surface area (Å²) in [5.41, 5.74) is 1.18. The van der Waals surface area contributed by atoms with Crippen LogP contribution in [0.25, 0.3) is 0 Å². The van der Waals surface area contributed by atoms with Crippen LogP contribution in [0, 0.1) is 0 Å². The number of carbonyl (C=O) groups excluding carboxylic acids is 1. The molecule has 0 aromatic carbocycles. The second-order valence-corrected chi connectivity index (χ2v) is 3.84. The van der Waals surface area contributed by atoms with Gasteiger partial charge in [0.05, 0.1) is 24.3 Å². The van der Waals surface area contributed by atoms with Gasteiger partial charge in [-0.3, -0.25) is 9.78 Å². The van der Waals surface area contributed by atoms with Crippen molar-refractivity contribution in [2.24, 2.45) is 0 Å². The van der Waals surface area contributed by atoms with E-state index in [1.807, 2.05) is 13.0 Å². The first-order valence-corrected chi connectivity index (χ1v) is 5.65. The second-order valence-electron chi connectivity index (χ2n) is 3.84. The number of aromatic hydroxyl groups is 1. The second kappa shape index (κ2) is 5.35. The molecule has 5 heteroatoms. The number of aromatic nitrogens is 1. The normalized spacial score (nSPS) is 10.3. The van der Waals surface area contributed by atoms with Gasteiger partial charge in [-0.05, 0) is 19.1 Å². The van der Waals surface area contributed by atoms with Crippen LogP contribution < -0.4 is 0 Å². The number of carbonyl (C=O) groups is 1. The average Bonchev–Trinajstić information content (AvgIpc) is 2.88. The third-order valence-electron chi connectivity index (χ3n) is 2.65. The Kier molecular flexibility index (Phi) is 3.62. The predicted octanol–water partition coefficient (Wildman–Crippen LogP) is 2.04. The van der Waals surface area contributed by atoms with Crippen molar-refractivity contribution in [1.29, 1.82) is 0 Å². The van der Waals surface area contributed by atoms with Crippen molar-refractivity contribution in [1.82, 2.24) is 9.88 Å². The van der Waals surface area contributed by atoms with Gasteiger partial charge >= 0.3 is 0 Å². The van der Waals surface area contributed by atoms with Crippen LogP contribution >= 0.6 is 0 Å². The molecule has 0 atom stereocenters. The van der Waals surface area contributed by atoms with Crippen molar-refractivity contribution in [2.45, 2.75) is 13.5 Å². The van der Waals surface area contributed by atoms with Gasteiger partial charge in [0.25, 0.3) is 5.91 Å². The minimum absolute atomic E-state index is 0.104. The summed E-state index contributed by atoms with van der Waals surface area (Å²) in [6.45, 7) is 2.88. The molecule has 0 aliphatic heterocycles. The fraction of sp³-hybridized carbons (Fsp3) is 0.231. The number of hydrogen-bond acceptors (Lipinski definition) is 4. The first-order valence-electron chi connectivity index (χ1n) is 5.65. The third kappa shape index (κ3) is 2.51. The van der Waals surface area contributed by atoms with E-state index in [1.165, 1.54) is 18.5 Å². The summed E-state index contributed by atoms with van der Waals surface area (Å²) in [6.07, 6.45) is 5.91. The standard InChI is InChI=1S/C13H14N2O3/c1-2-15(8-10-4-6-18-9-10)13(17)11-3-5-14-7-12(11)16/h3-7,9,16H,2,8H2,1H3. The lowest BCUT2D eigenvalue weighted by molar-refractivity contribution is 0.0749. The van der Waals surface area contributed by atoms with E-state index in [1.54, 1.807) is 17.4 Å². The highest BCUT2D eigenvalue weighted by molar-refractivity contribution is 5.96. The van der Waals surface area contributed by atoms with Gasteiger partial charge in [0, 0.05) is 24.8 Å². The van der Waals surface area contributed by atoms with E-state index in [-0.39, 0.29) is 17.2 Å². The minimum atomic E-state index is -0.224. The highest BCUT2D eigenvalue weighted by atomic mass is 16.3. The molecule has 0 aliphatic carbocycles. The summed E-state index contributed by atoms with van der Waals surface area (Å²) in [5.74, 6) is -0.327. The molecule has 2 aromatic heterocycles. The summed E-state index contributed by atoms with van der Waals surface area (Å²) in [6, 6.07) is 3.32. The van der Waals surface area contributed by atoms with E-state index in [4.69, 9.17) is 4.42 Å².